The fourth-order valence-electron chi connectivity index (χ4n) is 2.03. The van der Waals surface area contributed by atoms with E-state index in [1.54, 1.807) is 0 Å². The maximum atomic E-state index is 5.61. The second-order valence-electron chi connectivity index (χ2n) is 4.69. The van der Waals surface area contributed by atoms with E-state index in [0.717, 1.165) is 30.9 Å². The van der Waals surface area contributed by atoms with Crippen molar-refractivity contribution in [3.8, 4) is 0 Å². The van der Waals surface area contributed by atoms with Crippen molar-refractivity contribution in [1.82, 2.24) is 9.88 Å². The van der Waals surface area contributed by atoms with E-state index >= 15 is 0 Å². The van der Waals surface area contributed by atoms with Crippen LogP contribution in [0.15, 0.2) is 48.7 Å². The second kappa shape index (κ2) is 7.12. The maximum absolute atomic E-state index is 5.61. The predicted octanol–water partition coefficient (Wildman–Crippen LogP) is 2.74. The minimum absolute atomic E-state index is 0.442. The highest BCUT2D eigenvalue weighted by Crippen LogP contribution is 2.10. The van der Waals surface area contributed by atoms with E-state index in [1.165, 1.54) is 5.56 Å². The van der Waals surface area contributed by atoms with Gasteiger partial charge in [-0.25, -0.2) is 0 Å². The summed E-state index contributed by atoms with van der Waals surface area (Å²) in [4.78, 5) is 7.16. The van der Waals surface area contributed by atoms with E-state index in [0.29, 0.717) is 4.99 Å². The van der Waals surface area contributed by atoms with Crippen LogP contribution in [0.25, 0.3) is 0 Å². The summed E-state index contributed by atoms with van der Waals surface area (Å²) in [5, 5.41) is 0. The molecule has 0 radical (unpaired) electrons. The minimum Gasteiger partial charge on any atom is -0.389 e. The van der Waals surface area contributed by atoms with E-state index < -0.39 is 0 Å². The predicted molar refractivity (Wildman–Crippen MR) is 86.4 cm³/mol. The van der Waals surface area contributed by atoms with Crippen LogP contribution >= 0.6 is 12.2 Å². The molecule has 0 aliphatic heterocycles. The zero-order valence-corrected chi connectivity index (χ0v) is 12.4. The van der Waals surface area contributed by atoms with Gasteiger partial charge in [-0.15, -0.1) is 0 Å². The second-order valence-corrected chi connectivity index (χ2v) is 5.13. The number of thiocarbonyl (C=S) groups is 1. The first-order chi connectivity index (χ1) is 9.69. The van der Waals surface area contributed by atoms with E-state index in [9.17, 15) is 0 Å². The summed E-state index contributed by atoms with van der Waals surface area (Å²) >= 11 is 4.96. The highest BCUT2D eigenvalue weighted by molar-refractivity contribution is 7.80. The van der Waals surface area contributed by atoms with Crippen LogP contribution in [0, 0.1) is 0 Å². The highest BCUT2D eigenvalue weighted by atomic mass is 32.1. The number of hydrogen-bond donors (Lipinski definition) is 1. The smallest absolute Gasteiger partial charge is 0.103 e. The van der Waals surface area contributed by atoms with E-state index in [2.05, 4.69) is 35.0 Å². The Balaban J connectivity index is 2.01. The molecule has 0 saturated carbocycles. The maximum Gasteiger partial charge on any atom is 0.103 e. The summed E-state index contributed by atoms with van der Waals surface area (Å²) in [6.45, 7) is 4.89. The van der Waals surface area contributed by atoms with Gasteiger partial charge in [0.1, 0.15) is 4.99 Å². The topological polar surface area (TPSA) is 42.1 Å². The molecule has 0 unspecified atom stereocenters. The molecule has 1 heterocycles. The van der Waals surface area contributed by atoms with Gasteiger partial charge < -0.3 is 5.73 Å². The van der Waals surface area contributed by atoms with Crippen molar-refractivity contribution in [2.24, 2.45) is 5.73 Å². The van der Waals surface area contributed by atoms with Crippen molar-refractivity contribution < 1.29 is 0 Å². The SMILES string of the molecule is CCN(Cc1ccc(C(N)=S)cc1)Cc1ccccn1. The Labute approximate surface area is 125 Å². The molecule has 1 aromatic carbocycles. The molecule has 20 heavy (non-hydrogen) atoms. The van der Waals surface area contributed by atoms with Crippen LogP contribution in [0.5, 0.6) is 0 Å². The van der Waals surface area contributed by atoms with Crippen molar-refractivity contribution in [3.63, 3.8) is 0 Å². The lowest BCUT2D eigenvalue weighted by Gasteiger charge is -2.20. The Morgan fingerprint density at radius 2 is 1.90 bits per heavy atom. The number of nitrogens with zero attached hydrogens (tertiary/aromatic N) is 2. The fourth-order valence-corrected chi connectivity index (χ4v) is 2.17. The van der Waals surface area contributed by atoms with Gasteiger partial charge >= 0.3 is 0 Å². The normalized spacial score (nSPS) is 10.7. The lowest BCUT2D eigenvalue weighted by molar-refractivity contribution is 0.268. The van der Waals surface area contributed by atoms with Gasteiger partial charge in [-0.3, -0.25) is 9.88 Å². The van der Waals surface area contributed by atoms with Crippen LogP contribution in [-0.4, -0.2) is 21.4 Å². The molecule has 1 aromatic heterocycles. The summed E-state index contributed by atoms with van der Waals surface area (Å²) in [5.74, 6) is 0. The number of pyridine rings is 1. The number of hydrogen-bond acceptors (Lipinski definition) is 3. The zero-order valence-electron chi connectivity index (χ0n) is 11.6. The molecule has 2 rings (SSSR count). The summed E-state index contributed by atoms with van der Waals surface area (Å²) in [6.07, 6.45) is 1.83. The van der Waals surface area contributed by atoms with Gasteiger partial charge in [0, 0.05) is 24.8 Å². The van der Waals surface area contributed by atoms with Gasteiger partial charge in [-0.1, -0.05) is 49.5 Å². The number of rotatable bonds is 6. The molecule has 0 fully saturated rings. The van der Waals surface area contributed by atoms with E-state index in [1.807, 2.05) is 30.5 Å². The van der Waals surface area contributed by atoms with Crippen LogP contribution in [0.4, 0.5) is 0 Å². The number of nitrogens with two attached hydrogens (primary N) is 1. The summed E-state index contributed by atoms with van der Waals surface area (Å²) < 4.78 is 0. The van der Waals surface area contributed by atoms with Gasteiger partial charge in [0.2, 0.25) is 0 Å². The monoisotopic (exact) mass is 285 g/mol. The van der Waals surface area contributed by atoms with Crippen LogP contribution < -0.4 is 5.73 Å². The number of benzene rings is 1. The summed E-state index contributed by atoms with van der Waals surface area (Å²) in [6, 6.07) is 14.1. The molecule has 4 heteroatoms. The standard InChI is InChI=1S/C16H19N3S/c1-2-19(12-15-5-3-4-10-18-15)11-13-6-8-14(9-7-13)16(17)20/h3-10H,2,11-12H2,1H3,(H2,17,20). The molecule has 2 aromatic rings. The summed E-state index contributed by atoms with van der Waals surface area (Å²) in [5.41, 5.74) is 8.86. The molecule has 0 atom stereocenters. The third-order valence-corrected chi connectivity index (χ3v) is 3.44. The van der Waals surface area contributed by atoms with Crippen molar-refractivity contribution in [2.45, 2.75) is 20.0 Å². The third kappa shape index (κ3) is 4.11. The van der Waals surface area contributed by atoms with Crippen LogP contribution in [-0.2, 0) is 13.1 Å². The van der Waals surface area contributed by atoms with Gasteiger partial charge in [-0.2, -0.15) is 0 Å². The summed E-state index contributed by atoms with van der Waals surface area (Å²) in [7, 11) is 0. The van der Waals surface area contributed by atoms with Crippen LogP contribution in [0.1, 0.15) is 23.7 Å². The third-order valence-electron chi connectivity index (χ3n) is 3.20. The first-order valence-electron chi connectivity index (χ1n) is 6.70. The molecular weight excluding hydrogens is 266 g/mol. The highest BCUT2D eigenvalue weighted by Gasteiger charge is 2.06. The van der Waals surface area contributed by atoms with Crippen molar-refractivity contribution in [3.05, 3.63) is 65.5 Å². The van der Waals surface area contributed by atoms with Gasteiger partial charge in [0.25, 0.3) is 0 Å². The lowest BCUT2D eigenvalue weighted by Crippen LogP contribution is -2.22. The largest absolute Gasteiger partial charge is 0.389 e. The van der Waals surface area contributed by atoms with Crippen molar-refractivity contribution in [1.29, 1.82) is 0 Å². The minimum atomic E-state index is 0.442. The lowest BCUT2D eigenvalue weighted by atomic mass is 10.1. The van der Waals surface area contributed by atoms with Crippen molar-refractivity contribution in [2.75, 3.05) is 6.54 Å². The molecule has 0 bridgehead atoms. The Morgan fingerprint density at radius 3 is 2.45 bits per heavy atom. The first-order valence-corrected chi connectivity index (χ1v) is 7.11. The molecule has 0 spiro atoms. The molecule has 0 aliphatic carbocycles. The van der Waals surface area contributed by atoms with E-state index in [4.69, 9.17) is 18.0 Å². The first kappa shape index (κ1) is 14.6. The van der Waals surface area contributed by atoms with Gasteiger partial charge in [-0.05, 0) is 24.2 Å². The average Bonchev–Trinajstić information content (AvgIpc) is 2.48. The Bertz CT molecular complexity index is 552. The number of aromatic nitrogens is 1. The van der Waals surface area contributed by atoms with Gasteiger partial charge in [0.15, 0.2) is 0 Å². The Hall–Kier alpha value is -1.78. The van der Waals surface area contributed by atoms with Crippen LogP contribution in [0.2, 0.25) is 0 Å². The van der Waals surface area contributed by atoms with Crippen LogP contribution in [0.3, 0.4) is 0 Å². The fraction of sp³-hybridized carbons (Fsp3) is 0.250. The average molecular weight is 285 g/mol. The molecule has 3 nitrogen and oxygen atoms in total. The molecule has 104 valence electrons. The quantitative estimate of drug-likeness (QED) is 0.829. The van der Waals surface area contributed by atoms with Gasteiger partial charge in [0.05, 0.1) is 5.69 Å². The molecular formula is C16H19N3S. The van der Waals surface area contributed by atoms with Crippen molar-refractivity contribution >= 4 is 17.2 Å². The molecule has 2 N–H and O–H groups in total. The van der Waals surface area contributed by atoms with E-state index in [-0.39, 0.29) is 0 Å². The molecule has 0 saturated heterocycles. The molecule has 0 amide bonds. The zero-order chi connectivity index (χ0) is 14.4. The Kier molecular flexibility index (Phi) is 5.21. The molecule has 0 aliphatic rings. The Morgan fingerprint density at radius 1 is 1.15 bits per heavy atom.